The zero-order valence-electron chi connectivity index (χ0n) is 11.7. The van der Waals surface area contributed by atoms with Crippen LogP contribution in [0.15, 0.2) is 60.7 Å². The lowest BCUT2D eigenvalue weighted by atomic mass is 9.81. The molecule has 21 heavy (non-hydrogen) atoms. The van der Waals surface area contributed by atoms with Crippen LogP contribution in [-0.2, 0) is 9.53 Å². The zero-order valence-corrected chi connectivity index (χ0v) is 11.7. The molecule has 1 saturated heterocycles. The Labute approximate surface area is 124 Å². The van der Waals surface area contributed by atoms with Crippen molar-refractivity contribution >= 4 is 5.97 Å². The highest BCUT2D eigenvalue weighted by molar-refractivity contribution is 5.71. The fourth-order valence-electron chi connectivity index (χ4n) is 3.10. The fourth-order valence-corrected chi connectivity index (χ4v) is 3.10. The van der Waals surface area contributed by atoms with Crippen molar-refractivity contribution in [3.8, 4) is 0 Å². The molecule has 0 aromatic heterocycles. The van der Waals surface area contributed by atoms with Gasteiger partial charge in [-0.2, -0.15) is 0 Å². The second-order valence-corrected chi connectivity index (χ2v) is 5.37. The van der Waals surface area contributed by atoms with E-state index < -0.39 is 11.9 Å². The minimum atomic E-state index is -0.769. The van der Waals surface area contributed by atoms with E-state index in [9.17, 15) is 9.90 Å². The first-order valence-corrected chi connectivity index (χ1v) is 7.21. The van der Waals surface area contributed by atoms with Gasteiger partial charge in [0.2, 0.25) is 0 Å². The third-order valence-electron chi connectivity index (χ3n) is 4.10. The molecule has 1 N–H and O–H groups in total. The summed E-state index contributed by atoms with van der Waals surface area (Å²) in [5.41, 5.74) is 2.20. The second kappa shape index (κ2) is 6.10. The first-order chi connectivity index (χ1) is 10.3. The first-order valence-electron chi connectivity index (χ1n) is 7.21. The van der Waals surface area contributed by atoms with Crippen LogP contribution in [-0.4, -0.2) is 23.8 Å². The van der Waals surface area contributed by atoms with Crippen molar-refractivity contribution in [2.75, 3.05) is 6.61 Å². The third kappa shape index (κ3) is 2.83. The molecule has 108 valence electrons. The van der Waals surface area contributed by atoms with Gasteiger partial charge in [-0.1, -0.05) is 60.7 Å². The van der Waals surface area contributed by atoms with Gasteiger partial charge in [-0.3, -0.25) is 4.79 Å². The van der Waals surface area contributed by atoms with Gasteiger partial charge < -0.3 is 9.84 Å². The Morgan fingerprint density at radius 2 is 1.52 bits per heavy atom. The summed E-state index contributed by atoms with van der Waals surface area (Å²) >= 11 is 0. The highest BCUT2D eigenvalue weighted by Gasteiger charge is 2.40. The number of carboxylic acid groups (broad SMARTS) is 1. The van der Waals surface area contributed by atoms with E-state index in [4.69, 9.17) is 4.74 Å². The number of aliphatic carboxylic acids is 1. The smallest absolute Gasteiger partial charge is 0.309 e. The Hall–Kier alpha value is -2.13. The number of benzene rings is 2. The van der Waals surface area contributed by atoms with E-state index >= 15 is 0 Å². The number of hydrogen-bond donors (Lipinski definition) is 1. The summed E-state index contributed by atoms with van der Waals surface area (Å²) in [5.74, 6) is -1.26. The molecule has 1 aliphatic heterocycles. The molecular weight excluding hydrogens is 264 g/mol. The molecule has 0 amide bonds. The van der Waals surface area contributed by atoms with Crippen LogP contribution in [0, 0.1) is 5.92 Å². The summed E-state index contributed by atoms with van der Waals surface area (Å²) in [6, 6.07) is 20.0. The van der Waals surface area contributed by atoms with Crippen LogP contribution in [0.5, 0.6) is 0 Å². The van der Waals surface area contributed by atoms with Crippen LogP contribution in [0.25, 0.3) is 0 Å². The van der Waals surface area contributed by atoms with Crippen molar-refractivity contribution in [2.24, 2.45) is 5.92 Å². The number of rotatable bonds is 4. The molecular formula is C18H18O3. The molecule has 0 radical (unpaired) electrons. The molecule has 3 rings (SSSR count). The lowest BCUT2D eigenvalue weighted by Crippen LogP contribution is -2.30. The van der Waals surface area contributed by atoms with Gasteiger partial charge >= 0.3 is 5.97 Å². The fraction of sp³-hybridized carbons (Fsp3) is 0.278. The van der Waals surface area contributed by atoms with Crippen LogP contribution in [0.4, 0.5) is 0 Å². The van der Waals surface area contributed by atoms with E-state index in [1.807, 2.05) is 60.7 Å². The monoisotopic (exact) mass is 282 g/mol. The van der Waals surface area contributed by atoms with Gasteiger partial charge in [-0.15, -0.1) is 0 Å². The molecule has 0 saturated carbocycles. The van der Waals surface area contributed by atoms with Crippen molar-refractivity contribution in [1.29, 1.82) is 0 Å². The minimum Gasteiger partial charge on any atom is -0.481 e. The zero-order chi connectivity index (χ0) is 14.7. The van der Waals surface area contributed by atoms with Crippen LogP contribution >= 0.6 is 0 Å². The summed E-state index contributed by atoms with van der Waals surface area (Å²) in [5, 5.41) is 9.45. The standard InChI is InChI=1S/C18H18O3/c19-18(20)15-11-12-21-17(15)16(13-7-3-1-4-8-13)14-9-5-2-6-10-14/h1-10,15-17H,11-12H2,(H,19,20). The number of hydrogen-bond acceptors (Lipinski definition) is 2. The Morgan fingerprint density at radius 3 is 2.00 bits per heavy atom. The first kappa shape index (κ1) is 13.8. The lowest BCUT2D eigenvalue weighted by molar-refractivity contribution is -0.143. The largest absolute Gasteiger partial charge is 0.481 e. The molecule has 2 aromatic carbocycles. The van der Waals surface area contributed by atoms with Crippen molar-refractivity contribution in [3.05, 3.63) is 71.8 Å². The molecule has 0 spiro atoms. The number of carbonyl (C=O) groups is 1. The van der Waals surface area contributed by atoms with Gasteiger partial charge in [-0.05, 0) is 17.5 Å². The van der Waals surface area contributed by atoms with E-state index in [2.05, 4.69) is 0 Å². The highest BCUT2D eigenvalue weighted by Crippen LogP contribution is 2.37. The molecule has 1 fully saturated rings. The van der Waals surface area contributed by atoms with Crippen molar-refractivity contribution in [3.63, 3.8) is 0 Å². The lowest BCUT2D eigenvalue weighted by Gasteiger charge is -2.27. The Morgan fingerprint density at radius 1 is 1.00 bits per heavy atom. The Kier molecular flexibility index (Phi) is 4.02. The van der Waals surface area contributed by atoms with Gasteiger partial charge in [-0.25, -0.2) is 0 Å². The van der Waals surface area contributed by atoms with Crippen LogP contribution in [0.1, 0.15) is 23.5 Å². The average Bonchev–Trinajstić information content (AvgIpc) is 2.99. The maximum Gasteiger partial charge on any atom is 0.309 e. The summed E-state index contributed by atoms with van der Waals surface area (Å²) in [6.45, 7) is 0.512. The number of carboxylic acids is 1. The highest BCUT2D eigenvalue weighted by atomic mass is 16.5. The summed E-state index contributed by atoms with van der Waals surface area (Å²) < 4.78 is 5.82. The summed E-state index contributed by atoms with van der Waals surface area (Å²) in [6.07, 6.45) is 0.267. The van der Waals surface area contributed by atoms with Crippen LogP contribution in [0.3, 0.4) is 0 Å². The topological polar surface area (TPSA) is 46.5 Å². The van der Waals surface area contributed by atoms with E-state index in [0.717, 1.165) is 11.1 Å². The molecule has 0 bridgehead atoms. The van der Waals surface area contributed by atoms with Gasteiger partial charge in [0.1, 0.15) is 0 Å². The predicted octanol–water partition coefficient (Wildman–Crippen LogP) is 3.31. The molecule has 3 nitrogen and oxygen atoms in total. The van der Waals surface area contributed by atoms with Crippen LogP contribution in [0.2, 0.25) is 0 Å². The molecule has 1 aliphatic rings. The number of ether oxygens (including phenoxy) is 1. The maximum atomic E-state index is 11.5. The molecule has 0 aliphatic carbocycles. The molecule has 3 heteroatoms. The van der Waals surface area contributed by atoms with Gasteiger partial charge in [0.15, 0.2) is 0 Å². The van der Waals surface area contributed by atoms with Gasteiger partial charge in [0, 0.05) is 12.5 Å². The molecule has 1 heterocycles. The van der Waals surface area contributed by atoms with Crippen LogP contribution < -0.4 is 0 Å². The SMILES string of the molecule is O=C(O)C1CCOC1C(c1ccccc1)c1ccccc1. The third-order valence-corrected chi connectivity index (χ3v) is 4.10. The predicted molar refractivity (Wildman–Crippen MR) is 80.2 cm³/mol. The maximum absolute atomic E-state index is 11.5. The second-order valence-electron chi connectivity index (χ2n) is 5.37. The van der Waals surface area contributed by atoms with Gasteiger partial charge in [0.05, 0.1) is 12.0 Å². The van der Waals surface area contributed by atoms with E-state index in [1.54, 1.807) is 0 Å². The molecule has 2 unspecified atom stereocenters. The quantitative estimate of drug-likeness (QED) is 0.935. The van der Waals surface area contributed by atoms with E-state index in [1.165, 1.54) is 0 Å². The summed E-state index contributed by atoms with van der Waals surface area (Å²) in [4.78, 5) is 11.5. The molecule has 2 aromatic rings. The minimum absolute atomic E-state index is 0.0454. The Bertz CT molecular complexity index is 555. The van der Waals surface area contributed by atoms with Crippen molar-refractivity contribution in [1.82, 2.24) is 0 Å². The van der Waals surface area contributed by atoms with Gasteiger partial charge in [0.25, 0.3) is 0 Å². The molecule has 2 atom stereocenters. The average molecular weight is 282 g/mol. The normalized spacial score (nSPS) is 21.6. The Balaban J connectivity index is 2.03. The van der Waals surface area contributed by atoms with E-state index in [0.29, 0.717) is 13.0 Å². The summed E-state index contributed by atoms with van der Waals surface area (Å²) in [7, 11) is 0. The van der Waals surface area contributed by atoms with Crippen molar-refractivity contribution in [2.45, 2.75) is 18.4 Å². The van der Waals surface area contributed by atoms with Crippen molar-refractivity contribution < 1.29 is 14.6 Å². The van der Waals surface area contributed by atoms with E-state index in [-0.39, 0.29) is 12.0 Å².